The van der Waals surface area contributed by atoms with Crippen LogP contribution in [0.2, 0.25) is 0 Å². The molecular weight excluding hydrogens is 231 g/mol. The van der Waals surface area contributed by atoms with E-state index < -0.39 is 0 Å². The first kappa shape index (κ1) is 13.1. The van der Waals surface area contributed by atoms with Crippen LogP contribution in [0.25, 0.3) is 0 Å². The molecule has 1 fully saturated rings. The van der Waals surface area contributed by atoms with Crippen LogP contribution in [-0.4, -0.2) is 45.2 Å². The number of likely N-dealkylation sites (tertiary alicyclic amines) is 1. The van der Waals surface area contributed by atoms with Crippen molar-refractivity contribution in [3.63, 3.8) is 0 Å². The van der Waals surface area contributed by atoms with Gasteiger partial charge in [-0.15, -0.1) is 0 Å². The van der Waals surface area contributed by atoms with E-state index in [1.807, 2.05) is 13.1 Å². The number of hydrogen-bond acceptors (Lipinski definition) is 3. The maximum Gasteiger partial charge on any atom is 0.167 e. The number of nitrogens with zero attached hydrogens (tertiary/aromatic N) is 2. The molecule has 0 bridgehead atoms. The monoisotopic (exact) mass is 252 g/mol. The van der Waals surface area contributed by atoms with Crippen LogP contribution >= 0.6 is 0 Å². The molecule has 0 aliphatic carbocycles. The maximum atomic E-state index is 13.7. The fraction of sp³-hybridized carbons (Fsp3) is 0.571. The lowest BCUT2D eigenvalue weighted by Gasteiger charge is -2.36. The van der Waals surface area contributed by atoms with Crippen molar-refractivity contribution in [2.75, 3.05) is 39.2 Å². The largest absolute Gasteiger partial charge is 0.494 e. The van der Waals surface area contributed by atoms with Crippen molar-refractivity contribution in [3.8, 4) is 5.75 Å². The zero-order valence-corrected chi connectivity index (χ0v) is 11.3. The molecule has 0 spiro atoms. The van der Waals surface area contributed by atoms with Crippen LogP contribution in [0.5, 0.6) is 5.75 Å². The van der Waals surface area contributed by atoms with E-state index in [0.717, 1.165) is 31.6 Å². The van der Waals surface area contributed by atoms with Gasteiger partial charge >= 0.3 is 0 Å². The van der Waals surface area contributed by atoms with Crippen LogP contribution in [0.4, 0.5) is 10.1 Å². The van der Waals surface area contributed by atoms with Gasteiger partial charge in [0.2, 0.25) is 0 Å². The van der Waals surface area contributed by atoms with Crippen molar-refractivity contribution in [2.45, 2.75) is 18.9 Å². The topological polar surface area (TPSA) is 15.7 Å². The van der Waals surface area contributed by atoms with Crippen LogP contribution in [-0.2, 0) is 0 Å². The van der Waals surface area contributed by atoms with E-state index in [9.17, 15) is 4.39 Å². The van der Waals surface area contributed by atoms with Crippen LogP contribution in [0.3, 0.4) is 0 Å². The summed E-state index contributed by atoms with van der Waals surface area (Å²) in [5.41, 5.74) is 0.919. The van der Waals surface area contributed by atoms with Gasteiger partial charge in [0.15, 0.2) is 11.6 Å². The molecule has 0 radical (unpaired) electrons. The minimum absolute atomic E-state index is 0.297. The number of anilines is 1. The van der Waals surface area contributed by atoms with E-state index in [1.165, 1.54) is 7.11 Å². The fourth-order valence-electron chi connectivity index (χ4n) is 2.47. The fourth-order valence-corrected chi connectivity index (χ4v) is 2.47. The van der Waals surface area contributed by atoms with Gasteiger partial charge in [0.25, 0.3) is 0 Å². The number of methoxy groups -OCH3 is 1. The molecular formula is C14H21FN2O. The van der Waals surface area contributed by atoms with Crippen molar-refractivity contribution in [1.29, 1.82) is 0 Å². The van der Waals surface area contributed by atoms with Gasteiger partial charge in [0, 0.05) is 24.8 Å². The SMILES string of the molecule is COc1ccc(N(C)C2CCN(C)CC2)cc1F. The van der Waals surface area contributed by atoms with Gasteiger partial charge in [-0.3, -0.25) is 0 Å². The molecule has 0 amide bonds. The first-order chi connectivity index (χ1) is 8.61. The van der Waals surface area contributed by atoms with E-state index in [0.29, 0.717) is 11.8 Å². The normalized spacial score (nSPS) is 17.8. The van der Waals surface area contributed by atoms with E-state index in [2.05, 4.69) is 16.8 Å². The molecule has 4 heteroatoms. The van der Waals surface area contributed by atoms with Crippen LogP contribution in [0, 0.1) is 5.82 Å². The lowest BCUT2D eigenvalue weighted by atomic mass is 10.0. The summed E-state index contributed by atoms with van der Waals surface area (Å²) < 4.78 is 18.6. The van der Waals surface area contributed by atoms with Gasteiger partial charge in [-0.25, -0.2) is 4.39 Å². The lowest BCUT2D eigenvalue weighted by molar-refractivity contribution is 0.253. The summed E-state index contributed by atoms with van der Waals surface area (Å²) in [4.78, 5) is 4.51. The summed E-state index contributed by atoms with van der Waals surface area (Å²) in [6.07, 6.45) is 2.25. The van der Waals surface area contributed by atoms with Crippen molar-refractivity contribution < 1.29 is 9.13 Å². The third kappa shape index (κ3) is 2.75. The van der Waals surface area contributed by atoms with Crippen LogP contribution < -0.4 is 9.64 Å². The quantitative estimate of drug-likeness (QED) is 0.821. The second-order valence-electron chi connectivity index (χ2n) is 4.96. The highest BCUT2D eigenvalue weighted by Crippen LogP contribution is 2.26. The first-order valence-electron chi connectivity index (χ1n) is 6.36. The number of hydrogen-bond donors (Lipinski definition) is 0. The number of rotatable bonds is 3. The summed E-state index contributed by atoms with van der Waals surface area (Å²) in [6.45, 7) is 2.21. The molecule has 2 rings (SSSR count). The molecule has 18 heavy (non-hydrogen) atoms. The molecule has 0 saturated carbocycles. The molecule has 0 atom stereocenters. The molecule has 0 N–H and O–H groups in total. The van der Waals surface area contributed by atoms with Crippen LogP contribution in [0.15, 0.2) is 18.2 Å². The van der Waals surface area contributed by atoms with E-state index in [4.69, 9.17) is 4.74 Å². The summed E-state index contributed by atoms with van der Waals surface area (Å²) in [7, 11) is 5.67. The molecule has 1 heterocycles. The third-order valence-corrected chi connectivity index (χ3v) is 3.78. The van der Waals surface area contributed by atoms with Gasteiger partial charge in [-0.1, -0.05) is 0 Å². The molecule has 1 saturated heterocycles. The highest BCUT2D eigenvalue weighted by molar-refractivity contribution is 5.50. The molecule has 1 aliphatic rings. The third-order valence-electron chi connectivity index (χ3n) is 3.78. The van der Waals surface area contributed by atoms with Crippen molar-refractivity contribution >= 4 is 5.69 Å². The Hall–Kier alpha value is -1.29. The van der Waals surface area contributed by atoms with Crippen molar-refractivity contribution in [2.24, 2.45) is 0 Å². The van der Waals surface area contributed by atoms with E-state index in [1.54, 1.807) is 12.1 Å². The second kappa shape index (κ2) is 5.57. The smallest absolute Gasteiger partial charge is 0.167 e. The zero-order valence-electron chi connectivity index (χ0n) is 11.3. The average molecular weight is 252 g/mol. The number of benzene rings is 1. The molecule has 0 unspecified atom stereocenters. The Kier molecular flexibility index (Phi) is 4.07. The Morgan fingerprint density at radius 3 is 2.56 bits per heavy atom. The van der Waals surface area contributed by atoms with Gasteiger partial charge in [-0.05, 0) is 45.1 Å². The minimum atomic E-state index is -0.297. The Labute approximate surface area is 108 Å². The Balaban J connectivity index is 2.08. The van der Waals surface area contributed by atoms with Crippen molar-refractivity contribution in [1.82, 2.24) is 4.90 Å². The summed E-state index contributed by atoms with van der Waals surface area (Å²) in [5.74, 6) is 0.00491. The minimum Gasteiger partial charge on any atom is -0.494 e. The van der Waals surface area contributed by atoms with E-state index >= 15 is 0 Å². The Bertz CT molecular complexity index is 403. The maximum absolute atomic E-state index is 13.7. The van der Waals surface area contributed by atoms with E-state index in [-0.39, 0.29) is 5.82 Å². The second-order valence-corrected chi connectivity index (χ2v) is 4.96. The molecule has 1 aromatic carbocycles. The van der Waals surface area contributed by atoms with Crippen molar-refractivity contribution in [3.05, 3.63) is 24.0 Å². The van der Waals surface area contributed by atoms with Gasteiger partial charge in [-0.2, -0.15) is 0 Å². The molecule has 3 nitrogen and oxygen atoms in total. The summed E-state index contributed by atoms with van der Waals surface area (Å²) in [6, 6.07) is 5.65. The predicted molar refractivity (Wildman–Crippen MR) is 71.9 cm³/mol. The number of piperidine rings is 1. The predicted octanol–water partition coefficient (Wildman–Crippen LogP) is 2.36. The number of ether oxygens (including phenoxy) is 1. The zero-order chi connectivity index (χ0) is 13.1. The Morgan fingerprint density at radius 1 is 1.33 bits per heavy atom. The first-order valence-corrected chi connectivity index (χ1v) is 6.36. The summed E-state index contributed by atoms with van der Waals surface area (Å²) in [5, 5.41) is 0. The average Bonchev–Trinajstić information content (AvgIpc) is 2.38. The number of halogens is 1. The van der Waals surface area contributed by atoms with Crippen LogP contribution in [0.1, 0.15) is 12.8 Å². The molecule has 100 valence electrons. The standard InChI is InChI=1S/C14H21FN2O/c1-16-8-6-11(7-9-16)17(2)12-4-5-14(18-3)13(15)10-12/h4-5,10-11H,6-9H2,1-3H3. The van der Waals surface area contributed by atoms with Gasteiger partial charge in [0.1, 0.15) is 0 Å². The lowest BCUT2D eigenvalue weighted by Crippen LogP contribution is -2.42. The molecule has 0 aromatic heterocycles. The highest BCUT2D eigenvalue weighted by atomic mass is 19.1. The highest BCUT2D eigenvalue weighted by Gasteiger charge is 2.21. The van der Waals surface area contributed by atoms with Gasteiger partial charge in [0.05, 0.1) is 7.11 Å². The molecule has 1 aliphatic heterocycles. The van der Waals surface area contributed by atoms with Gasteiger partial charge < -0.3 is 14.5 Å². The molecule has 1 aromatic rings. The summed E-state index contributed by atoms with van der Waals surface area (Å²) >= 11 is 0. The Morgan fingerprint density at radius 2 is 2.00 bits per heavy atom.